The number of amides is 1. The highest BCUT2D eigenvalue weighted by Gasteiger charge is 2.41. The molecule has 16 heteroatoms. The van der Waals surface area contributed by atoms with Crippen LogP contribution in [0.5, 0.6) is 0 Å². The van der Waals surface area contributed by atoms with Gasteiger partial charge in [0, 0.05) is 29.3 Å². The van der Waals surface area contributed by atoms with Gasteiger partial charge in [-0.25, -0.2) is 20.2 Å². The van der Waals surface area contributed by atoms with Gasteiger partial charge in [-0.2, -0.15) is 10.5 Å². The van der Waals surface area contributed by atoms with E-state index in [9.17, 15) is 49.6 Å². The topological polar surface area (TPSA) is 248 Å². The number of esters is 1. The number of carbonyl (C=O) groups excluding carboxylic acids is 5. The van der Waals surface area contributed by atoms with Gasteiger partial charge in [-0.15, -0.1) is 0 Å². The standard InChI is InChI=1S/C27H21N5O11/c1-43-27(38)24(35)20(23(34)26(37)30-18-12-15(31(39)40)8-10-19(18)32(41)42)21-25(36)29-17-11-14(7-9-16(17)28-21)22(33)13-5-3-2-4-6-13/h2-12,20,31-32,39,41H,1H3,(H,29,36)(H,30,37). The molecule has 3 unspecified atom stereocenters. The first-order valence-electron chi connectivity index (χ1n) is 12.1. The molecule has 1 heterocycles. The summed E-state index contributed by atoms with van der Waals surface area (Å²) in [7, 11) is 0.821. The predicted molar refractivity (Wildman–Crippen MR) is 144 cm³/mol. The highest BCUT2D eigenvalue weighted by atomic mass is 16.8. The van der Waals surface area contributed by atoms with Crippen LogP contribution >= 0.6 is 0 Å². The van der Waals surface area contributed by atoms with Crippen LogP contribution < -0.4 is 21.3 Å². The molecule has 0 spiro atoms. The zero-order valence-corrected chi connectivity index (χ0v) is 21.9. The first-order valence-corrected chi connectivity index (χ1v) is 12.1. The summed E-state index contributed by atoms with van der Waals surface area (Å²) in [4.78, 5) is 83.5. The van der Waals surface area contributed by atoms with Crippen molar-refractivity contribution < 1.29 is 49.6 Å². The average Bonchev–Trinajstić information content (AvgIpc) is 3.00. The van der Waals surface area contributed by atoms with Crippen molar-refractivity contribution in [2.24, 2.45) is 0 Å². The van der Waals surface area contributed by atoms with E-state index in [1.54, 1.807) is 30.3 Å². The number of ether oxygens (including phenoxy) is 1. The van der Waals surface area contributed by atoms with Crippen LogP contribution in [0.2, 0.25) is 0 Å². The lowest BCUT2D eigenvalue weighted by molar-refractivity contribution is -0.992. The molecule has 4 aromatic rings. The van der Waals surface area contributed by atoms with Crippen LogP contribution in [0.1, 0.15) is 27.5 Å². The molecule has 4 rings (SSSR count). The largest absolute Gasteiger partial charge is 0.595 e. The maximum atomic E-state index is 13.3. The van der Waals surface area contributed by atoms with Gasteiger partial charge in [-0.3, -0.25) is 24.0 Å². The minimum Gasteiger partial charge on any atom is -0.595 e. The Kier molecular flexibility index (Phi) is 8.91. The molecule has 220 valence electrons. The van der Waals surface area contributed by atoms with Crippen LogP contribution in [0.3, 0.4) is 0 Å². The highest BCUT2D eigenvalue weighted by molar-refractivity contribution is 6.52. The van der Waals surface area contributed by atoms with Gasteiger partial charge in [0.25, 0.3) is 17.2 Å². The van der Waals surface area contributed by atoms with E-state index in [-0.39, 0.29) is 22.4 Å². The minimum atomic E-state index is -2.43. The fourth-order valence-electron chi connectivity index (χ4n) is 4.06. The zero-order chi connectivity index (χ0) is 31.4. The van der Waals surface area contributed by atoms with Crippen LogP contribution in [0.25, 0.3) is 11.0 Å². The number of nitrogens with one attached hydrogen (secondary N) is 4. The first-order chi connectivity index (χ1) is 20.4. The Bertz CT molecular complexity index is 1820. The number of hydrogen-bond acceptors (Lipinski definition) is 12. The Morgan fingerprint density at radius 1 is 0.907 bits per heavy atom. The number of hydrogen-bond donors (Lipinski definition) is 6. The van der Waals surface area contributed by atoms with Crippen molar-refractivity contribution in [2.75, 3.05) is 12.4 Å². The number of quaternary nitrogens is 2. The summed E-state index contributed by atoms with van der Waals surface area (Å²) in [6.07, 6.45) is 0. The predicted octanol–water partition coefficient (Wildman–Crippen LogP) is -1.01. The van der Waals surface area contributed by atoms with Gasteiger partial charge in [-0.05, 0) is 18.2 Å². The smallest absolute Gasteiger partial charge is 0.375 e. The molecule has 0 aliphatic carbocycles. The second-order valence-electron chi connectivity index (χ2n) is 8.86. The molecule has 0 aliphatic rings. The van der Waals surface area contributed by atoms with Crippen LogP contribution in [-0.2, 0) is 23.9 Å². The lowest BCUT2D eigenvalue weighted by Gasteiger charge is -2.19. The number of methoxy groups -OCH3 is 1. The molecule has 1 amide bonds. The Morgan fingerprint density at radius 2 is 1.60 bits per heavy atom. The van der Waals surface area contributed by atoms with E-state index >= 15 is 0 Å². The number of aromatic nitrogens is 2. The number of fused-ring (bicyclic) bond motifs is 1. The molecule has 1 aromatic heterocycles. The molecule has 16 nitrogen and oxygen atoms in total. The van der Waals surface area contributed by atoms with Crippen LogP contribution in [0.15, 0.2) is 71.5 Å². The van der Waals surface area contributed by atoms with Gasteiger partial charge < -0.3 is 25.5 Å². The average molecular weight is 591 g/mol. The van der Waals surface area contributed by atoms with Gasteiger partial charge in [-0.1, -0.05) is 30.3 Å². The van der Waals surface area contributed by atoms with Crippen molar-refractivity contribution in [1.82, 2.24) is 9.97 Å². The van der Waals surface area contributed by atoms with Crippen molar-refractivity contribution in [1.29, 1.82) is 0 Å². The number of anilines is 1. The van der Waals surface area contributed by atoms with E-state index in [4.69, 9.17) is 0 Å². The molecule has 3 atom stereocenters. The number of rotatable bonds is 10. The van der Waals surface area contributed by atoms with Gasteiger partial charge in [0.05, 0.1) is 18.1 Å². The lowest BCUT2D eigenvalue weighted by Crippen LogP contribution is -3.00. The van der Waals surface area contributed by atoms with Gasteiger partial charge in [0.15, 0.2) is 17.2 Å². The molecule has 0 saturated heterocycles. The molecule has 0 saturated carbocycles. The number of benzene rings is 3. The van der Waals surface area contributed by atoms with E-state index in [1.807, 2.05) is 5.32 Å². The van der Waals surface area contributed by atoms with Gasteiger partial charge in [0.2, 0.25) is 5.78 Å². The second-order valence-corrected chi connectivity index (χ2v) is 8.86. The van der Waals surface area contributed by atoms with Crippen LogP contribution in [-0.4, -0.2) is 56.7 Å². The van der Waals surface area contributed by atoms with Crippen molar-refractivity contribution in [3.63, 3.8) is 0 Å². The monoisotopic (exact) mass is 591 g/mol. The summed E-state index contributed by atoms with van der Waals surface area (Å²) < 4.78 is 4.37. The van der Waals surface area contributed by atoms with E-state index in [0.717, 1.165) is 25.3 Å². The normalized spacial score (nSPS) is 13.0. The minimum absolute atomic E-state index is 0.0163. The molecule has 0 fully saturated rings. The second kappa shape index (κ2) is 12.6. The first kappa shape index (κ1) is 30.5. The van der Waals surface area contributed by atoms with E-state index < -0.39 is 68.1 Å². The third-order valence-corrected chi connectivity index (χ3v) is 6.17. The molecule has 0 bridgehead atoms. The third-order valence-electron chi connectivity index (χ3n) is 6.17. The van der Waals surface area contributed by atoms with Gasteiger partial charge in [0.1, 0.15) is 17.3 Å². The number of carbonyl (C=O) groups is 5. The number of Topliss-reactive ketones (excluding diaryl/α,β-unsaturated/α-hetero) is 2. The number of nitrogens with zero attached hydrogens (tertiary/aromatic N) is 1. The van der Waals surface area contributed by atoms with Crippen molar-refractivity contribution in [3.05, 3.63) is 104 Å². The van der Waals surface area contributed by atoms with Crippen molar-refractivity contribution in [2.45, 2.75) is 5.92 Å². The van der Waals surface area contributed by atoms with E-state index in [1.165, 1.54) is 18.2 Å². The van der Waals surface area contributed by atoms with Crippen LogP contribution in [0.4, 0.5) is 17.1 Å². The number of ketones is 3. The molecular weight excluding hydrogens is 570 g/mol. The SMILES string of the molecule is COC(=O)C(=O)C(C(=O)C(=O)Nc1cc([NH+]([O-])O)ccc1[NH+]([O-])O)c1nc2ccc(C(=O)c3ccccc3)cc2[nH]c1=O. The molecular formula is C27H21N5O11. The Balaban J connectivity index is 1.75. The summed E-state index contributed by atoms with van der Waals surface area (Å²) >= 11 is 0. The van der Waals surface area contributed by atoms with E-state index in [0.29, 0.717) is 5.56 Å². The Labute approximate surface area is 239 Å². The zero-order valence-electron chi connectivity index (χ0n) is 21.9. The third kappa shape index (κ3) is 6.39. The summed E-state index contributed by atoms with van der Waals surface area (Å²) in [6.45, 7) is 0. The summed E-state index contributed by atoms with van der Waals surface area (Å²) in [5.74, 6) is -9.37. The maximum absolute atomic E-state index is 13.3. The van der Waals surface area contributed by atoms with Crippen molar-refractivity contribution >= 4 is 57.3 Å². The highest BCUT2D eigenvalue weighted by Crippen LogP contribution is 2.23. The van der Waals surface area contributed by atoms with Crippen LogP contribution in [0, 0.1) is 10.4 Å². The van der Waals surface area contributed by atoms with E-state index in [2.05, 4.69) is 14.7 Å². The lowest BCUT2D eigenvalue weighted by atomic mass is 9.94. The van der Waals surface area contributed by atoms with Crippen molar-refractivity contribution in [3.8, 4) is 0 Å². The maximum Gasteiger partial charge on any atom is 0.375 e. The van der Waals surface area contributed by atoms with Gasteiger partial charge >= 0.3 is 5.97 Å². The number of aromatic amines is 1. The fourth-order valence-corrected chi connectivity index (χ4v) is 4.06. The Hall–Kier alpha value is -5.49. The molecule has 0 radical (unpaired) electrons. The summed E-state index contributed by atoms with van der Waals surface area (Å²) in [5.41, 5.74) is -3.08. The molecule has 6 N–H and O–H groups in total. The summed E-state index contributed by atoms with van der Waals surface area (Å²) in [5, 5.41) is 40.4. The molecule has 3 aromatic carbocycles. The Morgan fingerprint density at radius 3 is 2.23 bits per heavy atom. The quantitative estimate of drug-likeness (QED) is 0.0427. The fraction of sp³-hybridized carbons (Fsp3) is 0.0741. The summed E-state index contributed by atoms with van der Waals surface area (Å²) in [6, 6.07) is 14.8. The molecule has 0 aliphatic heterocycles. The number of H-pyrrole nitrogens is 1. The molecule has 43 heavy (non-hydrogen) atoms.